The number of benzene rings is 2. The lowest BCUT2D eigenvalue weighted by atomic mass is 10.2. The van der Waals surface area contributed by atoms with E-state index in [1.54, 1.807) is 63.2 Å². The Morgan fingerprint density at radius 2 is 1.74 bits per heavy atom. The van der Waals surface area contributed by atoms with E-state index in [4.69, 9.17) is 10.00 Å². The highest BCUT2D eigenvalue weighted by Gasteiger charge is 2.16. The first-order valence-corrected chi connectivity index (χ1v) is 8.39. The van der Waals surface area contributed by atoms with Crippen molar-refractivity contribution in [1.82, 2.24) is 5.32 Å². The molecule has 0 aliphatic heterocycles. The summed E-state index contributed by atoms with van der Waals surface area (Å²) in [5.41, 5.74) is 1.93. The molecule has 0 atom stereocenters. The van der Waals surface area contributed by atoms with E-state index in [0.29, 0.717) is 16.9 Å². The van der Waals surface area contributed by atoms with Crippen LogP contribution in [0.1, 0.15) is 31.9 Å². The van der Waals surface area contributed by atoms with Crippen molar-refractivity contribution in [1.29, 1.82) is 5.26 Å². The van der Waals surface area contributed by atoms with Gasteiger partial charge in [0.25, 0.3) is 0 Å². The third-order valence-electron chi connectivity index (χ3n) is 3.30. The Morgan fingerprint density at radius 1 is 1.04 bits per heavy atom. The first kappa shape index (κ1) is 19.8. The molecule has 0 saturated carbocycles. The molecule has 7 nitrogen and oxygen atoms in total. The van der Waals surface area contributed by atoms with E-state index in [1.165, 1.54) is 0 Å². The summed E-state index contributed by atoms with van der Waals surface area (Å²) in [6.45, 7) is 5.66. The summed E-state index contributed by atoms with van der Waals surface area (Å²) in [6, 6.07) is 15.3. The van der Waals surface area contributed by atoms with E-state index in [1.807, 2.05) is 12.1 Å². The number of carbonyl (C=O) groups is 2. The summed E-state index contributed by atoms with van der Waals surface area (Å²) in [4.78, 5) is 23.8. The second-order valence-corrected chi connectivity index (χ2v) is 6.82. The third-order valence-corrected chi connectivity index (χ3v) is 3.30. The number of rotatable bonds is 4. The molecule has 0 fully saturated rings. The van der Waals surface area contributed by atoms with Gasteiger partial charge < -0.3 is 15.4 Å². The molecule has 2 rings (SSSR count). The van der Waals surface area contributed by atoms with Crippen molar-refractivity contribution < 1.29 is 14.3 Å². The lowest BCUT2D eigenvalue weighted by Crippen LogP contribution is -2.28. The van der Waals surface area contributed by atoms with Crippen molar-refractivity contribution in [2.24, 2.45) is 0 Å². The molecule has 2 aromatic rings. The molecule has 27 heavy (non-hydrogen) atoms. The molecule has 7 heteroatoms. The molecule has 0 heterocycles. The fourth-order valence-corrected chi connectivity index (χ4v) is 2.17. The first-order chi connectivity index (χ1) is 12.7. The fourth-order valence-electron chi connectivity index (χ4n) is 2.17. The number of hydrogen-bond acceptors (Lipinski definition) is 4. The highest BCUT2D eigenvalue weighted by atomic mass is 16.6. The summed E-state index contributed by atoms with van der Waals surface area (Å²) < 4.78 is 5.21. The average molecular weight is 366 g/mol. The Labute approximate surface area is 158 Å². The Morgan fingerprint density at radius 3 is 2.37 bits per heavy atom. The summed E-state index contributed by atoms with van der Waals surface area (Å²) in [7, 11) is 0. The zero-order valence-corrected chi connectivity index (χ0v) is 15.5. The van der Waals surface area contributed by atoms with Crippen LogP contribution in [0.5, 0.6) is 0 Å². The molecule has 2 aromatic carbocycles. The highest BCUT2D eigenvalue weighted by Crippen LogP contribution is 2.14. The number of nitriles is 1. The standard InChI is InChI=1S/C20H22N4O3/c1-20(2,3)27-19(26)24-17-6-4-5-15(11-17)13-22-18(25)23-16-9-7-14(12-21)8-10-16/h4-11H,13H2,1-3H3,(H,24,26)(H2,22,23,25). The first-order valence-electron chi connectivity index (χ1n) is 8.39. The molecule has 0 saturated heterocycles. The molecule has 0 aromatic heterocycles. The molecule has 0 spiro atoms. The number of nitrogens with one attached hydrogen (secondary N) is 3. The van der Waals surface area contributed by atoms with E-state index in [0.717, 1.165) is 5.56 Å². The number of nitrogens with zero attached hydrogens (tertiary/aromatic N) is 1. The maximum Gasteiger partial charge on any atom is 0.412 e. The topological polar surface area (TPSA) is 103 Å². The monoisotopic (exact) mass is 366 g/mol. The molecule has 0 unspecified atom stereocenters. The van der Waals surface area contributed by atoms with Crippen molar-refractivity contribution in [3.05, 3.63) is 59.7 Å². The van der Waals surface area contributed by atoms with Gasteiger partial charge in [-0.3, -0.25) is 5.32 Å². The van der Waals surface area contributed by atoms with Gasteiger partial charge in [0.2, 0.25) is 0 Å². The number of amides is 3. The lowest BCUT2D eigenvalue weighted by Gasteiger charge is -2.19. The molecule has 0 aliphatic rings. The normalized spacial score (nSPS) is 10.4. The van der Waals surface area contributed by atoms with Crippen LogP contribution < -0.4 is 16.0 Å². The molecular weight excluding hydrogens is 344 g/mol. The van der Waals surface area contributed by atoms with Gasteiger partial charge in [0.1, 0.15) is 5.60 Å². The summed E-state index contributed by atoms with van der Waals surface area (Å²) >= 11 is 0. The van der Waals surface area contributed by atoms with E-state index in [-0.39, 0.29) is 12.6 Å². The summed E-state index contributed by atoms with van der Waals surface area (Å²) in [5.74, 6) is 0. The lowest BCUT2D eigenvalue weighted by molar-refractivity contribution is 0.0636. The van der Waals surface area contributed by atoms with E-state index in [2.05, 4.69) is 16.0 Å². The van der Waals surface area contributed by atoms with Gasteiger partial charge in [-0.15, -0.1) is 0 Å². The smallest absolute Gasteiger partial charge is 0.412 e. The van der Waals surface area contributed by atoms with Gasteiger partial charge in [-0.25, -0.2) is 9.59 Å². The van der Waals surface area contributed by atoms with Gasteiger partial charge in [0.15, 0.2) is 0 Å². The SMILES string of the molecule is CC(C)(C)OC(=O)Nc1cccc(CNC(=O)Nc2ccc(C#N)cc2)c1. The van der Waals surface area contributed by atoms with Gasteiger partial charge in [0.05, 0.1) is 11.6 Å². The molecule has 140 valence electrons. The minimum atomic E-state index is -0.577. The zero-order chi connectivity index (χ0) is 19.9. The van der Waals surface area contributed by atoms with Crippen molar-refractivity contribution in [3.63, 3.8) is 0 Å². The Kier molecular flexibility index (Phi) is 6.39. The molecule has 0 bridgehead atoms. The van der Waals surface area contributed by atoms with Crippen LogP contribution in [0, 0.1) is 11.3 Å². The van der Waals surface area contributed by atoms with Crippen LogP contribution in [-0.4, -0.2) is 17.7 Å². The second-order valence-electron chi connectivity index (χ2n) is 6.82. The van der Waals surface area contributed by atoms with Gasteiger partial charge >= 0.3 is 12.1 Å². The van der Waals surface area contributed by atoms with Crippen LogP contribution in [0.2, 0.25) is 0 Å². The van der Waals surface area contributed by atoms with E-state index >= 15 is 0 Å². The number of carbonyl (C=O) groups excluding carboxylic acids is 2. The van der Waals surface area contributed by atoms with Crippen LogP contribution in [0.15, 0.2) is 48.5 Å². The van der Waals surface area contributed by atoms with Gasteiger partial charge in [-0.2, -0.15) is 5.26 Å². The summed E-state index contributed by atoms with van der Waals surface area (Å²) in [6.07, 6.45) is -0.536. The Balaban J connectivity index is 1.87. The minimum Gasteiger partial charge on any atom is -0.444 e. The predicted molar refractivity (Wildman–Crippen MR) is 103 cm³/mol. The maximum atomic E-state index is 12.0. The third kappa shape index (κ3) is 7.08. The van der Waals surface area contributed by atoms with E-state index < -0.39 is 11.7 Å². The van der Waals surface area contributed by atoms with Crippen molar-refractivity contribution in [3.8, 4) is 6.07 Å². The Bertz CT molecular complexity index is 849. The Hall–Kier alpha value is -3.53. The van der Waals surface area contributed by atoms with Crippen LogP contribution in [0.3, 0.4) is 0 Å². The van der Waals surface area contributed by atoms with Crippen LogP contribution in [-0.2, 0) is 11.3 Å². The van der Waals surface area contributed by atoms with Crippen LogP contribution in [0.4, 0.5) is 21.0 Å². The molecular formula is C20H22N4O3. The van der Waals surface area contributed by atoms with Crippen LogP contribution >= 0.6 is 0 Å². The largest absolute Gasteiger partial charge is 0.444 e. The predicted octanol–water partition coefficient (Wildman–Crippen LogP) is 4.23. The van der Waals surface area contributed by atoms with Crippen molar-refractivity contribution in [2.75, 3.05) is 10.6 Å². The van der Waals surface area contributed by atoms with Gasteiger partial charge in [-0.1, -0.05) is 12.1 Å². The van der Waals surface area contributed by atoms with Gasteiger partial charge in [-0.05, 0) is 62.7 Å². The number of anilines is 2. The fraction of sp³-hybridized carbons (Fsp3) is 0.250. The molecule has 0 aliphatic carbocycles. The van der Waals surface area contributed by atoms with Gasteiger partial charge in [0, 0.05) is 17.9 Å². The minimum absolute atomic E-state index is 0.284. The van der Waals surface area contributed by atoms with Crippen LogP contribution in [0.25, 0.3) is 0 Å². The zero-order valence-electron chi connectivity index (χ0n) is 15.5. The van der Waals surface area contributed by atoms with E-state index in [9.17, 15) is 9.59 Å². The second kappa shape index (κ2) is 8.72. The number of ether oxygens (including phenoxy) is 1. The number of urea groups is 1. The average Bonchev–Trinajstić information content (AvgIpc) is 2.59. The molecule has 3 N–H and O–H groups in total. The van der Waals surface area contributed by atoms with Crippen molar-refractivity contribution in [2.45, 2.75) is 32.9 Å². The highest BCUT2D eigenvalue weighted by molar-refractivity contribution is 5.89. The molecule has 0 radical (unpaired) electrons. The van der Waals surface area contributed by atoms with Crippen molar-refractivity contribution >= 4 is 23.5 Å². The maximum absolute atomic E-state index is 12.0. The number of hydrogen-bond donors (Lipinski definition) is 3. The summed E-state index contributed by atoms with van der Waals surface area (Å²) in [5, 5.41) is 16.9. The molecule has 3 amide bonds. The quantitative estimate of drug-likeness (QED) is 0.753.